The molecule has 1 rings (SSSR count). The van der Waals surface area contributed by atoms with Crippen molar-refractivity contribution in [3.8, 4) is 0 Å². The van der Waals surface area contributed by atoms with Crippen molar-refractivity contribution in [1.29, 1.82) is 0 Å². The molecule has 1 amide bonds. The van der Waals surface area contributed by atoms with E-state index in [9.17, 15) is 4.79 Å². The molecule has 1 fully saturated rings. The van der Waals surface area contributed by atoms with Gasteiger partial charge in [0.1, 0.15) is 0 Å². The van der Waals surface area contributed by atoms with E-state index in [4.69, 9.17) is 0 Å². The zero-order valence-electron chi connectivity index (χ0n) is 9.43. The van der Waals surface area contributed by atoms with Crippen molar-refractivity contribution in [1.82, 2.24) is 10.6 Å². The fourth-order valence-corrected chi connectivity index (χ4v) is 2.02. The summed E-state index contributed by atoms with van der Waals surface area (Å²) in [5, 5.41) is 6.26. The lowest BCUT2D eigenvalue weighted by molar-refractivity contribution is -0.116. The molecule has 0 heterocycles. The maximum Gasteiger partial charge on any atom is 0.243 e. The largest absolute Gasteiger partial charge is 0.351 e. The van der Waals surface area contributed by atoms with Gasteiger partial charge in [0.15, 0.2) is 0 Å². The minimum Gasteiger partial charge on any atom is -0.351 e. The number of hydrogen-bond acceptors (Lipinski definition) is 2. The minimum absolute atomic E-state index is 0.0855. The van der Waals surface area contributed by atoms with Crippen molar-refractivity contribution in [2.75, 3.05) is 13.1 Å². The molecule has 0 aromatic heterocycles. The first-order chi connectivity index (χ1) is 7.33. The zero-order valence-corrected chi connectivity index (χ0v) is 9.43. The van der Waals surface area contributed by atoms with Crippen molar-refractivity contribution >= 4 is 5.91 Å². The van der Waals surface area contributed by atoms with Gasteiger partial charge >= 0.3 is 0 Å². The van der Waals surface area contributed by atoms with E-state index < -0.39 is 0 Å². The molecule has 0 aromatic carbocycles. The first kappa shape index (κ1) is 12.2. The summed E-state index contributed by atoms with van der Waals surface area (Å²) in [6.07, 6.45) is 9.33. The van der Waals surface area contributed by atoms with Crippen molar-refractivity contribution in [3.63, 3.8) is 0 Å². The van der Waals surface area contributed by atoms with Crippen molar-refractivity contribution in [2.24, 2.45) is 0 Å². The van der Waals surface area contributed by atoms with E-state index in [-0.39, 0.29) is 5.91 Å². The third-order valence-corrected chi connectivity index (χ3v) is 2.90. The molecule has 86 valence electrons. The lowest BCUT2D eigenvalue weighted by atomic mass is 10.1. The molecule has 15 heavy (non-hydrogen) atoms. The molecule has 3 heteroatoms. The SMILES string of the molecule is C=CC(=O)NCCNC1CCCCCC1. The predicted molar refractivity (Wildman–Crippen MR) is 62.7 cm³/mol. The second kappa shape index (κ2) is 7.46. The van der Waals surface area contributed by atoms with Gasteiger partial charge in [-0.25, -0.2) is 0 Å². The van der Waals surface area contributed by atoms with Gasteiger partial charge in [0.2, 0.25) is 5.91 Å². The lowest BCUT2D eigenvalue weighted by Crippen LogP contribution is -2.36. The minimum atomic E-state index is -0.0855. The quantitative estimate of drug-likeness (QED) is 0.411. The van der Waals surface area contributed by atoms with Crippen LogP contribution in [0.5, 0.6) is 0 Å². The maximum atomic E-state index is 10.9. The van der Waals surface area contributed by atoms with Gasteiger partial charge in [-0.3, -0.25) is 4.79 Å². The van der Waals surface area contributed by atoms with E-state index in [1.807, 2.05) is 0 Å². The van der Waals surface area contributed by atoms with Crippen LogP contribution in [-0.4, -0.2) is 25.0 Å². The molecule has 2 N–H and O–H groups in total. The van der Waals surface area contributed by atoms with E-state index in [0.717, 1.165) is 6.54 Å². The number of nitrogens with one attached hydrogen (secondary N) is 2. The van der Waals surface area contributed by atoms with Gasteiger partial charge in [0.05, 0.1) is 0 Å². The van der Waals surface area contributed by atoms with Crippen LogP contribution < -0.4 is 10.6 Å². The Bertz CT molecular complexity index is 196. The number of carbonyl (C=O) groups is 1. The highest BCUT2D eigenvalue weighted by atomic mass is 16.1. The Labute approximate surface area is 92.3 Å². The van der Waals surface area contributed by atoms with Crippen molar-refractivity contribution in [2.45, 2.75) is 44.6 Å². The highest BCUT2D eigenvalue weighted by Gasteiger charge is 2.10. The molecule has 3 nitrogen and oxygen atoms in total. The van der Waals surface area contributed by atoms with Crippen LogP contribution in [0.4, 0.5) is 0 Å². The van der Waals surface area contributed by atoms with Crippen molar-refractivity contribution in [3.05, 3.63) is 12.7 Å². The number of amides is 1. The summed E-state index contributed by atoms with van der Waals surface area (Å²) in [7, 11) is 0. The lowest BCUT2D eigenvalue weighted by Gasteiger charge is -2.15. The Kier molecular flexibility index (Phi) is 6.09. The molecule has 1 saturated carbocycles. The van der Waals surface area contributed by atoms with Gasteiger partial charge in [0.25, 0.3) is 0 Å². The van der Waals surface area contributed by atoms with Gasteiger partial charge in [0, 0.05) is 19.1 Å². The molecule has 0 saturated heterocycles. The molecular weight excluding hydrogens is 188 g/mol. The van der Waals surface area contributed by atoms with Crippen molar-refractivity contribution < 1.29 is 4.79 Å². The summed E-state index contributed by atoms with van der Waals surface area (Å²) in [6.45, 7) is 4.97. The average Bonchev–Trinajstić information content (AvgIpc) is 2.52. The third-order valence-electron chi connectivity index (χ3n) is 2.90. The second-order valence-electron chi connectivity index (χ2n) is 4.14. The van der Waals surface area contributed by atoms with Crippen LogP contribution in [0.2, 0.25) is 0 Å². The zero-order chi connectivity index (χ0) is 10.9. The second-order valence-corrected chi connectivity index (χ2v) is 4.14. The van der Waals surface area contributed by atoms with E-state index in [1.54, 1.807) is 0 Å². The first-order valence-electron chi connectivity index (χ1n) is 5.96. The van der Waals surface area contributed by atoms with E-state index >= 15 is 0 Å². The van der Waals surface area contributed by atoms with E-state index in [2.05, 4.69) is 17.2 Å². The van der Waals surface area contributed by atoms with Crippen LogP contribution in [0.1, 0.15) is 38.5 Å². The van der Waals surface area contributed by atoms with Crippen LogP contribution >= 0.6 is 0 Å². The summed E-state index contributed by atoms with van der Waals surface area (Å²) in [5.41, 5.74) is 0. The fraction of sp³-hybridized carbons (Fsp3) is 0.750. The van der Waals surface area contributed by atoms with Gasteiger partial charge in [-0.1, -0.05) is 32.3 Å². The molecular formula is C12H22N2O. The summed E-state index contributed by atoms with van der Waals surface area (Å²) in [6, 6.07) is 0.660. The van der Waals surface area contributed by atoms with Gasteiger partial charge < -0.3 is 10.6 Å². The molecule has 1 aliphatic rings. The number of hydrogen-bond donors (Lipinski definition) is 2. The molecule has 0 unspecified atom stereocenters. The van der Waals surface area contributed by atoms with Crippen LogP contribution in [0.15, 0.2) is 12.7 Å². The molecule has 0 radical (unpaired) electrons. The summed E-state index contributed by atoms with van der Waals surface area (Å²) < 4.78 is 0. The molecule has 0 spiro atoms. The third kappa shape index (κ3) is 5.57. The van der Waals surface area contributed by atoms with Crippen LogP contribution in [0, 0.1) is 0 Å². The van der Waals surface area contributed by atoms with E-state index in [0.29, 0.717) is 12.6 Å². The van der Waals surface area contributed by atoms with Crippen LogP contribution in [0.25, 0.3) is 0 Å². The van der Waals surface area contributed by atoms with Gasteiger partial charge in [-0.2, -0.15) is 0 Å². The fourth-order valence-electron chi connectivity index (χ4n) is 2.02. The number of rotatable bonds is 5. The highest BCUT2D eigenvalue weighted by molar-refractivity contribution is 5.86. The Balaban J connectivity index is 2.03. The molecule has 1 aliphatic carbocycles. The van der Waals surface area contributed by atoms with Crippen LogP contribution in [0.3, 0.4) is 0 Å². The Morgan fingerprint density at radius 2 is 1.87 bits per heavy atom. The maximum absolute atomic E-state index is 10.9. The Morgan fingerprint density at radius 3 is 2.47 bits per heavy atom. The molecule has 0 aliphatic heterocycles. The molecule has 0 bridgehead atoms. The number of carbonyl (C=O) groups excluding carboxylic acids is 1. The standard InChI is InChI=1S/C12H22N2O/c1-2-12(15)14-10-9-13-11-7-5-3-4-6-8-11/h2,11,13H,1,3-10H2,(H,14,15). The topological polar surface area (TPSA) is 41.1 Å². The summed E-state index contributed by atoms with van der Waals surface area (Å²) in [5.74, 6) is -0.0855. The highest BCUT2D eigenvalue weighted by Crippen LogP contribution is 2.16. The normalized spacial score (nSPS) is 18.1. The van der Waals surface area contributed by atoms with E-state index in [1.165, 1.54) is 44.6 Å². The predicted octanol–water partition coefficient (Wildman–Crippen LogP) is 1.60. The monoisotopic (exact) mass is 210 g/mol. The first-order valence-corrected chi connectivity index (χ1v) is 5.96. The summed E-state index contributed by atoms with van der Waals surface area (Å²) >= 11 is 0. The smallest absolute Gasteiger partial charge is 0.243 e. The van der Waals surface area contributed by atoms with Crippen LogP contribution in [-0.2, 0) is 4.79 Å². The summed E-state index contributed by atoms with van der Waals surface area (Å²) in [4.78, 5) is 10.9. The van der Waals surface area contributed by atoms with Gasteiger partial charge in [-0.15, -0.1) is 0 Å². The molecule has 0 atom stereocenters. The Morgan fingerprint density at radius 1 is 1.20 bits per heavy atom. The van der Waals surface area contributed by atoms with Gasteiger partial charge in [-0.05, 0) is 18.9 Å². The average molecular weight is 210 g/mol. The molecule has 0 aromatic rings. The Hall–Kier alpha value is -0.830.